The molecule has 1 heterocycles. The highest BCUT2D eigenvalue weighted by Gasteiger charge is 2.10. The molecule has 1 N–H and O–H groups in total. The van der Waals surface area contributed by atoms with E-state index in [4.69, 9.17) is 11.6 Å². The Morgan fingerprint density at radius 3 is 2.05 bits per heavy atom. The summed E-state index contributed by atoms with van der Waals surface area (Å²) in [4.78, 5) is 15.1. The second-order valence-corrected chi connectivity index (χ2v) is 5.23. The number of H-pyrrole nitrogens is 1. The van der Waals surface area contributed by atoms with Gasteiger partial charge in [0.1, 0.15) is 0 Å². The molecule has 0 aliphatic rings. The summed E-state index contributed by atoms with van der Waals surface area (Å²) in [6, 6.07) is 17.5. The van der Waals surface area contributed by atoms with Crippen LogP contribution < -0.4 is 5.56 Å². The molecule has 20 heavy (non-hydrogen) atoms. The summed E-state index contributed by atoms with van der Waals surface area (Å²) < 4.78 is 0. The molecule has 0 unspecified atom stereocenters. The summed E-state index contributed by atoms with van der Waals surface area (Å²) in [7, 11) is 0. The molecule has 3 aromatic carbocycles. The summed E-state index contributed by atoms with van der Waals surface area (Å²) in [6.07, 6.45) is 0. The maximum absolute atomic E-state index is 12.1. The predicted octanol–water partition coefficient (Wildman–Crippen LogP) is 4.49. The van der Waals surface area contributed by atoms with Gasteiger partial charge in [0.15, 0.2) is 0 Å². The maximum atomic E-state index is 12.1. The second kappa shape index (κ2) is 4.09. The van der Waals surface area contributed by atoms with Crippen LogP contribution in [0.25, 0.3) is 32.4 Å². The van der Waals surface area contributed by atoms with Gasteiger partial charge in [0.2, 0.25) is 0 Å². The van der Waals surface area contributed by atoms with E-state index in [-0.39, 0.29) is 5.56 Å². The third-order valence-electron chi connectivity index (χ3n) is 3.68. The van der Waals surface area contributed by atoms with E-state index in [0.29, 0.717) is 10.4 Å². The Morgan fingerprint density at radius 2 is 1.35 bits per heavy atom. The Morgan fingerprint density at radius 1 is 0.800 bits per heavy atom. The minimum Gasteiger partial charge on any atom is -0.321 e. The first-order chi connectivity index (χ1) is 9.75. The smallest absolute Gasteiger partial charge is 0.256 e. The molecule has 0 saturated carbocycles. The average Bonchev–Trinajstić information content (AvgIpc) is 2.47. The first kappa shape index (κ1) is 11.5. The summed E-state index contributed by atoms with van der Waals surface area (Å²) in [5, 5.41) is 5.41. The highest BCUT2D eigenvalue weighted by Crippen LogP contribution is 2.33. The van der Waals surface area contributed by atoms with Gasteiger partial charge in [-0.3, -0.25) is 4.79 Å². The fraction of sp³-hybridized carbons (Fsp3) is 0. The highest BCUT2D eigenvalue weighted by molar-refractivity contribution is 6.38. The molecule has 0 bridgehead atoms. The van der Waals surface area contributed by atoms with Crippen LogP contribution >= 0.6 is 11.6 Å². The zero-order valence-corrected chi connectivity index (χ0v) is 11.2. The number of pyridine rings is 1. The summed E-state index contributed by atoms with van der Waals surface area (Å²) >= 11 is 6.32. The Bertz CT molecular complexity index is 1030. The van der Waals surface area contributed by atoms with Crippen molar-refractivity contribution in [1.29, 1.82) is 0 Å². The van der Waals surface area contributed by atoms with Gasteiger partial charge in [-0.25, -0.2) is 0 Å². The molecule has 4 rings (SSSR count). The lowest BCUT2D eigenvalue weighted by Gasteiger charge is -2.09. The van der Waals surface area contributed by atoms with Crippen molar-refractivity contribution >= 4 is 44.0 Å². The lowest BCUT2D eigenvalue weighted by Crippen LogP contribution is -2.06. The van der Waals surface area contributed by atoms with Gasteiger partial charge in [-0.1, -0.05) is 54.1 Å². The van der Waals surface area contributed by atoms with Crippen LogP contribution in [0.3, 0.4) is 0 Å². The number of aromatic nitrogens is 1. The quantitative estimate of drug-likeness (QED) is 0.473. The van der Waals surface area contributed by atoms with Crippen LogP contribution in [0, 0.1) is 0 Å². The van der Waals surface area contributed by atoms with Crippen LogP contribution in [0.5, 0.6) is 0 Å². The van der Waals surface area contributed by atoms with E-state index in [1.807, 2.05) is 54.6 Å². The van der Waals surface area contributed by atoms with Crippen molar-refractivity contribution < 1.29 is 0 Å². The largest absolute Gasteiger partial charge is 0.321 e. The van der Waals surface area contributed by atoms with Crippen molar-refractivity contribution in [1.82, 2.24) is 4.98 Å². The summed E-state index contributed by atoms with van der Waals surface area (Å²) in [5.41, 5.74) is 0.692. The molecule has 0 spiro atoms. The number of hydrogen-bond donors (Lipinski definition) is 1. The normalized spacial score (nSPS) is 11.4. The van der Waals surface area contributed by atoms with E-state index >= 15 is 0 Å². The van der Waals surface area contributed by atoms with Crippen molar-refractivity contribution in [2.24, 2.45) is 0 Å². The third kappa shape index (κ3) is 1.49. The van der Waals surface area contributed by atoms with Crippen molar-refractivity contribution in [3.63, 3.8) is 0 Å². The van der Waals surface area contributed by atoms with E-state index in [1.165, 1.54) is 0 Å². The van der Waals surface area contributed by atoms with E-state index in [1.54, 1.807) is 0 Å². The van der Waals surface area contributed by atoms with Crippen LogP contribution in [0.15, 0.2) is 59.4 Å². The molecule has 0 radical (unpaired) electrons. The fourth-order valence-corrected chi connectivity index (χ4v) is 3.08. The molecule has 0 atom stereocenters. The Kier molecular flexibility index (Phi) is 2.35. The molecular weight excluding hydrogens is 270 g/mol. The number of nitrogens with one attached hydrogen (secondary N) is 1. The first-order valence-electron chi connectivity index (χ1n) is 6.38. The number of aromatic amines is 1. The Hall–Kier alpha value is -2.32. The molecule has 2 nitrogen and oxygen atoms in total. The molecule has 4 aromatic rings. The number of benzene rings is 3. The Labute approximate surface area is 119 Å². The predicted molar refractivity (Wildman–Crippen MR) is 84.6 cm³/mol. The monoisotopic (exact) mass is 279 g/mol. The molecule has 3 heteroatoms. The van der Waals surface area contributed by atoms with Crippen molar-refractivity contribution in [2.45, 2.75) is 0 Å². The first-order valence-corrected chi connectivity index (χ1v) is 6.75. The molecule has 0 aliphatic carbocycles. The van der Waals surface area contributed by atoms with Gasteiger partial charge in [-0.15, -0.1) is 0 Å². The zero-order valence-electron chi connectivity index (χ0n) is 10.5. The van der Waals surface area contributed by atoms with Gasteiger partial charge in [0.25, 0.3) is 5.56 Å². The fourth-order valence-electron chi connectivity index (χ4n) is 2.81. The molecule has 0 aliphatic heterocycles. The van der Waals surface area contributed by atoms with Gasteiger partial charge in [-0.2, -0.15) is 0 Å². The molecular formula is C17H10ClNO. The lowest BCUT2D eigenvalue weighted by atomic mass is 10.00. The van der Waals surface area contributed by atoms with Gasteiger partial charge in [-0.05, 0) is 22.9 Å². The van der Waals surface area contributed by atoms with Crippen LogP contribution in [0.4, 0.5) is 0 Å². The number of fused-ring (bicyclic) bond motifs is 5. The average molecular weight is 280 g/mol. The molecule has 96 valence electrons. The van der Waals surface area contributed by atoms with E-state index < -0.39 is 0 Å². The van der Waals surface area contributed by atoms with Gasteiger partial charge >= 0.3 is 0 Å². The van der Waals surface area contributed by atoms with E-state index in [9.17, 15) is 4.79 Å². The standard InChI is InChI=1S/C17H10ClNO/c18-14-9-15-16(11-6-2-1-5-10(11)14)12-7-3-4-8-13(12)17(20)19-15/h1-9H,(H,19,20). The van der Waals surface area contributed by atoms with Gasteiger partial charge < -0.3 is 4.98 Å². The van der Waals surface area contributed by atoms with E-state index in [0.717, 1.165) is 27.1 Å². The lowest BCUT2D eigenvalue weighted by molar-refractivity contribution is 1.35. The molecule has 1 aromatic heterocycles. The second-order valence-electron chi connectivity index (χ2n) is 4.83. The number of halogens is 1. The summed E-state index contributed by atoms with van der Waals surface area (Å²) in [6.45, 7) is 0. The molecule has 0 amide bonds. The van der Waals surface area contributed by atoms with Crippen LogP contribution in [-0.4, -0.2) is 4.98 Å². The Balaban J connectivity index is 2.43. The van der Waals surface area contributed by atoms with E-state index in [2.05, 4.69) is 4.98 Å². The topological polar surface area (TPSA) is 32.9 Å². The van der Waals surface area contributed by atoms with Crippen LogP contribution in [0.1, 0.15) is 0 Å². The van der Waals surface area contributed by atoms with Crippen LogP contribution in [0.2, 0.25) is 5.02 Å². The van der Waals surface area contributed by atoms with Crippen molar-refractivity contribution in [3.8, 4) is 0 Å². The van der Waals surface area contributed by atoms with Crippen molar-refractivity contribution in [3.05, 3.63) is 70.0 Å². The minimum absolute atomic E-state index is 0.0838. The van der Waals surface area contributed by atoms with Crippen molar-refractivity contribution in [2.75, 3.05) is 0 Å². The molecule has 0 saturated heterocycles. The third-order valence-corrected chi connectivity index (χ3v) is 4.00. The van der Waals surface area contributed by atoms with Crippen LogP contribution in [-0.2, 0) is 0 Å². The summed E-state index contributed by atoms with van der Waals surface area (Å²) in [5.74, 6) is 0. The maximum Gasteiger partial charge on any atom is 0.256 e. The number of hydrogen-bond acceptors (Lipinski definition) is 1. The zero-order chi connectivity index (χ0) is 13.7. The highest BCUT2D eigenvalue weighted by atomic mass is 35.5. The van der Waals surface area contributed by atoms with Gasteiger partial charge in [0, 0.05) is 16.2 Å². The molecule has 0 fully saturated rings. The van der Waals surface area contributed by atoms with Gasteiger partial charge in [0.05, 0.1) is 10.5 Å². The SMILES string of the molecule is O=c1[nH]c2cc(Cl)c3ccccc3c2c2ccccc12. The minimum atomic E-state index is -0.0838. The number of rotatable bonds is 0.